The molecule has 1 amide bonds. The first-order chi connectivity index (χ1) is 11.6. The SMILES string of the molecule is COC(=O)c1ccccc1N/C=C(/C#N)C(=O)N1CCC(C)CC1. The number of methoxy groups -OCH3 is 1. The Morgan fingerprint density at radius 1 is 1.33 bits per heavy atom. The van der Waals surface area contributed by atoms with Gasteiger partial charge in [0.25, 0.3) is 5.91 Å². The molecule has 6 nitrogen and oxygen atoms in total. The minimum absolute atomic E-state index is 0.0178. The summed E-state index contributed by atoms with van der Waals surface area (Å²) in [6.45, 7) is 3.49. The Kier molecular flexibility index (Phi) is 5.96. The Labute approximate surface area is 141 Å². The van der Waals surface area contributed by atoms with Gasteiger partial charge in [-0.25, -0.2) is 4.79 Å². The average molecular weight is 327 g/mol. The monoisotopic (exact) mass is 327 g/mol. The van der Waals surface area contributed by atoms with E-state index in [1.165, 1.54) is 13.3 Å². The van der Waals surface area contributed by atoms with Gasteiger partial charge in [0.05, 0.1) is 18.4 Å². The van der Waals surface area contributed by atoms with E-state index in [2.05, 4.69) is 12.2 Å². The summed E-state index contributed by atoms with van der Waals surface area (Å²) in [5, 5.41) is 12.2. The molecular weight excluding hydrogens is 306 g/mol. The first kappa shape index (κ1) is 17.5. The number of ether oxygens (including phenoxy) is 1. The van der Waals surface area contributed by atoms with Gasteiger partial charge in [0.15, 0.2) is 0 Å². The lowest BCUT2D eigenvalue weighted by molar-refractivity contribution is -0.128. The molecule has 1 N–H and O–H groups in total. The highest BCUT2D eigenvalue weighted by Crippen LogP contribution is 2.19. The zero-order valence-electron chi connectivity index (χ0n) is 13.9. The van der Waals surface area contributed by atoms with Crippen molar-refractivity contribution in [3.63, 3.8) is 0 Å². The molecule has 0 radical (unpaired) electrons. The summed E-state index contributed by atoms with van der Waals surface area (Å²) in [6.07, 6.45) is 3.24. The lowest BCUT2D eigenvalue weighted by Gasteiger charge is -2.30. The van der Waals surface area contributed by atoms with Crippen LogP contribution in [0.15, 0.2) is 36.0 Å². The lowest BCUT2D eigenvalue weighted by Crippen LogP contribution is -2.38. The van der Waals surface area contributed by atoms with Gasteiger partial charge in [0.2, 0.25) is 0 Å². The van der Waals surface area contributed by atoms with E-state index in [4.69, 9.17) is 4.74 Å². The van der Waals surface area contributed by atoms with E-state index in [1.54, 1.807) is 29.2 Å². The van der Waals surface area contributed by atoms with Gasteiger partial charge in [0.1, 0.15) is 11.6 Å². The van der Waals surface area contributed by atoms with Gasteiger partial charge in [-0.05, 0) is 30.9 Å². The number of likely N-dealkylation sites (tertiary alicyclic amines) is 1. The molecule has 126 valence electrons. The number of nitrogens with zero attached hydrogens (tertiary/aromatic N) is 2. The van der Waals surface area contributed by atoms with Crippen LogP contribution in [-0.4, -0.2) is 37.0 Å². The van der Waals surface area contributed by atoms with Crippen molar-refractivity contribution < 1.29 is 14.3 Å². The van der Waals surface area contributed by atoms with Gasteiger partial charge in [-0.1, -0.05) is 19.1 Å². The third kappa shape index (κ3) is 4.13. The van der Waals surface area contributed by atoms with Crippen molar-refractivity contribution in [2.75, 3.05) is 25.5 Å². The van der Waals surface area contributed by atoms with Crippen molar-refractivity contribution in [3.05, 3.63) is 41.6 Å². The van der Waals surface area contributed by atoms with Crippen LogP contribution in [0.2, 0.25) is 0 Å². The number of para-hydroxylation sites is 1. The average Bonchev–Trinajstić information content (AvgIpc) is 2.62. The third-order valence-electron chi connectivity index (χ3n) is 4.13. The Morgan fingerprint density at radius 2 is 2.00 bits per heavy atom. The van der Waals surface area contributed by atoms with E-state index < -0.39 is 5.97 Å². The molecule has 1 aliphatic rings. The number of esters is 1. The van der Waals surface area contributed by atoms with Crippen LogP contribution in [-0.2, 0) is 9.53 Å². The zero-order valence-corrected chi connectivity index (χ0v) is 13.9. The lowest BCUT2D eigenvalue weighted by atomic mass is 9.99. The van der Waals surface area contributed by atoms with Crippen molar-refractivity contribution in [3.8, 4) is 6.07 Å². The van der Waals surface area contributed by atoms with Gasteiger partial charge in [-0.15, -0.1) is 0 Å². The highest BCUT2D eigenvalue weighted by atomic mass is 16.5. The van der Waals surface area contributed by atoms with E-state index in [1.807, 2.05) is 6.07 Å². The second-order valence-corrected chi connectivity index (χ2v) is 5.83. The maximum absolute atomic E-state index is 12.4. The summed E-state index contributed by atoms with van der Waals surface area (Å²) in [7, 11) is 1.30. The van der Waals surface area contributed by atoms with Gasteiger partial charge in [-0.2, -0.15) is 5.26 Å². The van der Waals surface area contributed by atoms with E-state index in [0.717, 1.165) is 12.8 Å². The van der Waals surface area contributed by atoms with Crippen molar-refractivity contribution in [1.82, 2.24) is 4.90 Å². The molecule has 1 saturated heterocycles. The number of nitriles is 1. The smallest absolute Gasteiger partial charge is 0.339 e. The third-order valence-corrected chi connectivity index (χ3v) is 4.13. The molecule has 0 aliphatic carbocycles. The van der Waals surface area contributed by atoms with Crippen LogP contribution in [0.25, 0.3) is 0 Å². The van der Waals surface area contributed by atoms with E-state index in [0.29, 0.717) is 30.3 Å². The molecule has 2 rings (SSSR count). The fourth-order valence-electron chi connectivity index (χ4n) is 2.57. The number of carbonyl (C=O) groups excluding carboxylic acids is 2. The van der Waals surface area contributed by atoms with Crippen molar-refractivity contribution in [1.29, 1.82) is 5.26 Å². The molecule has 24 heavy (non-hydrogen) atoms. The molecule has 1 heterocycles. The Balaban J connectivity index is 2.13. The fourth-order valence-corrected chi connectivity index (χ4v) is 2.57. The first-order valence-electron chi connectivity index (χ1n) is 7.90. The predicted octanol–water partition coefficient (Wildman–Crippen LogP) is 2.55. The van der Waals surface area contributed by atoms with Crippen LogP contribution in [0.4, 0.5) is 5.69 Å². The Bertz CT molecular complexity index is 683. The number of nitrogens with one attached hydrogen (secondary N) is 1. The van der Waals surface area contributed by atoms with Crippen LogP contribution < -0.4 is 5.32 Å². The topological polar surface area (TPSA) is 82.4 Å². The standard InChI is InChI=1S/C18H21N3O3/c1-13-7-9-21(10-8-13)17(22)14(11-19)12-20-16-6-4-3-5-15(16)18(23)24-2/h3-6,12-13,20H,7-10H2,1-2H3/b14-12-. The van der Waals surface area contributed by atoms with Crippen molar-refractivity contribution in [2.45, 2.75) is 19.8 Å². The van der Waals surface area contributed by atoms with Gasteiger partial charge in [0, 0.05) is 19.3 Å². The summed E-state index contributed by atoms with van der Waals surface area (Å²) in [5.41, 5.74) is 0.842. The van der Waals surface area contributed by atoms with Crippen LogP contribution in [0, 0.1) is 17.2 Å². The van der Waals surface area contributed by atoms with Crippen molar-refractivity contribution in [2.24, 2.45) is 5.92 Å². The molecule has 1 aromatic rings. The minimum Gasteiger partial charge on any atom is -0.465 e. The number of hydrogen-bond acceptors (Lipinski definition) is 5. The van der Waals surface area contributed by atoms with Crippen LogP contribution in [0.5, 0.6) is 0 Å². The van der Waals surface area contributed by atoms with E-state index in [-0.39, 0.29) is 11.5 Å². The summed E-state index contributed by atoms with van der Waals surface area (Å²) in [5.74, 6) is -0.164. The highest BCUT2D eigenvalue weighted by Gasteiger charge is 2.23. The van der Waals surface area contributed by atoms with Crippen LogP contribution in [0.3, 0.4) is 0 Å². The molecule has 0 aromatic heterocycles. The number of rotatable bonds is 4. The van der Waals surface area contributed by atoms with Gasteiger partial charge < -0.3 is 15.0 Å². The number of benzene rings is 1. The van der Waals surface area contributed by atoms with Crippen LogP contribution >= 0.6 is 0 Å². The molecule has 0 atom stereocenters. The zero-order chi connectivity index (χ0) is 17.5. The molecular formula is C18H21N3O3. The number of amides is 1. The summed E-state index contributed by atoms with van der Waals surface area (Å²) < 4.78 is 4.72. The number of anilines is 1. The maximum Gasteiger partial charge on any atom is 0.339 e. The highest BCUT2D eigenvalue weighted by molar-refractivity contribution is 5.99. The minimum atomic E-state index is -0.485. The summed E-state index contributed by atoms with van der Waals surface area (Å²) in [6, 6.07) is 8.70. The number of hydrogen-bond donors (Lipinski definition) is 1. The first-order valence-corrected chi connectivity index (χ1v) is 7.90. The predicted molar refractivity (Wildman–Crippen MR) is 90.1 cm³/mol. The van der Waals surface area contributed by atoms with Crippen molar-refractivity contribution >= 4 is 17.6 Å². The summed E-state index contributed by atoms with van der Waals surface area (Å²) in [4.78, 5) is 25.9. The molecule has 0 saturated carbocycles. The second kappa shape index (κ2) is 8.16. The summed E-state index contributed by atoms with van der Waals surface area (Å²) >= 11 is 0. The fraction of sp³-hybridized carbons (Fsp3) is 0.389. The molecule has 0 unspecified atom stereocenters. The molecule has 0 bridgehead atoms. The largest absolute Gasteiger partial charge is 0.465 e. The molecule has 6 heteroatoms. The maximum atomic E-state index is 12.4. The Morgan fingerprint density at radius 3 is 2.62 bits per heavy atom. The van der Waals surface area contributed by atoms with Gasteiger partial charge in [-0.3, -0.25) is 4.79 Å². The number of carbonyl (C=O) groups is 2. The van der Waals surface area contributed by atoms with E-state index >= 15 is 0 Å². The molecule has 1 aliphatic heterocycles. The van der Waals surface area contributed by atoms with Gasteiger partial charge >= 0.3 is 5.97 Å². The van der Waals surface area contributed by atoms with Crippen LogP contribution in [0.1, 0.15) is 30.1 Å². The molecule has 0 spiro atoms. The number of piperidine rings is 1. The quantitative estimate of drug-likeness (QED) is 0.522. The molecule has 1 aromatic carbocycles. The van der Waals surface area contributed by atoms with E-state index in [9.17, 15) is 14.9 Å². The normalized spacial score (nSPS) is 15.5. The second-order valence-electron chi connectivity index (χ2n) is 5.83. The molecule has 1 fully saturated rings. The Hall–Kier alpha value is -2.81.